The smallest absolute Gasteiger partial charge is 0.223 e. The van der Waals surface area contributed by atoms with Gasteiger partial charge in [0, 0.05) is 17.9 Å². The van der Waals surface area contributed by atoms with Gasteiger partial charge >= 0.3 is 0 Å². The Balaban J connectivity index is 1.92. The second-order valence-electron chi connectivity index (χ2n) is 4.17. The molecule has 0 aromatic carbocycles. The van der Waals surface area contributed by atoms with Crippen molar-refractivity contribution in [2.24, 2.45) is 0 Å². The maximum absolute atomic E-state index is 9.38. The van der Waals surface area contributed by atoms with Crippen molar-refractivity contribution in [1.82, 2.24) is 9.97 Å². The van der Waals surface area contributed by atoms with Crippen molar-refractivity contribution in [3.8, 4) is 0 Å². The van der Waals surface area contributed by atoms with E-state index < -0.39 is 0 Å². The SMILES string of the molecule is Cc1ccnc(NC2CCC(O)CC2)n1. The van der Waals surface area contributed by atoms with Crippen molar-refractivity contribution < 1.29 is 5.11 Å². The van der Waals surface area contributed by atoms with E-state index in [1.807, 2.05) is 13.0 Å². The Labute approximate surface area is 89.8 Å². The van der Waals surface area contributed by atoms with Crippen molar-refractivity contribution in [2.75, 3.05) is 5.32 Å². The average molecular weight is 207 g/mol. The highest BCUT2D eigenvalue weighted by Crippen LogP contribution is 2.20. The maximum Gasteiger partial charge on any atom is 0.223 e. The first-order chi connectivity index (χ1) is 7.24. The number of nitrogens with one attached hydrogen (secondary N) is 1. The zero-order valence-corrected chi connectivity index (χ0v) is 8.98. The Morgan fingerprint density at radius 2 is 2.07 bits per heavy atom. The van der Waals surface area contributed by atoms with E-state index in [0.29, 0.717) is 12.0 Å². The monoisotopic (exact) mass is 207 g/mol. The number of hydrogen-bond acceptors (Lipinski definition) is 4. The highest BCUT2D eigenvalue weighted by Gasteiger charge is 2.19. The molecule has 1 aromatic heterocycles. The quantitative estimate of drug-likeness (QED) is 0.771. The first kappa shape index (κ1) is 10.4. The molecule has 0 radical (unpaired) electrons. The van der Waals surface area contributed by atoms with E-state index in [1.54, 1.807) is 6.20 Å². The fourth-order valence-corrected chi connectivity index (χ4v) is 1.92. The molecular formula is C11H17N3O. The van der Waals surface area contributed by atoms with Crippen LogP contribution >= 0.6 is 0 Å². The normalized spacial score (nSPS) is 26.3. The van der Waals surface area contributed by atoms with Crippen LogP contribution in [-0.2, 0) is 0 Å². The molecule has 1 aliphatic carbocycles. The lowest BCUT2D eigenvalue weighted by molar-refractivity contribution is 0.126. The summed E-state index contributed by atoms with van der Waals surface area (Å²) in [5, 5.41) is 12.7. The Morgan fingerprint density at radius 3 is 2.73 bits per heavy atom. The summed E-state index contributed by atoms with van der Waals surface area (Å²) in [6.07, 6.45) is 5.41. The summed E-state index contributed by atoms with van der Waals surface area (Å²) in [6.45, 7) is 1.96. The Kier molecular flexibility index (Phi) is 3.16. The number of aliphatic hydroxyl groups excluding tert-OH is 1. The molecule has 4 nitrogen and oxygen atoms in total. The van der Waals surface area contributed by atoms with Gasteiger partial charge < -0.3 is 10.4 Å². The molecule has 82 valence electrons. The summed E-state index contributed by atoms with van der Waals surface area (Å²) < 4.78 is 0. The molecule has 0 bridgehead atoms. The predicted molar refractivity (Wildman–Crippen MR) is 58.7 cm³/mol. The van der Waals surface area contributed by atoms with E-state index in [0.717, 1.165) is 31.4 Å². The van der Waals surface area contributed by atoms with Gasteiger partial charge in [-0.2, -0.15) is 0 Å². The predicted octanol–water partition coefficient (Wildman–Crippen LogP) is 1.50. The molecule has 0 atom stereocenters. The number of aryl methyl sites for hydroxylation is 1. The van der Waals surface area contributed by atoms with Gasteiger partial charge in [-0.15, -0.1) is 0 Å². The van der Waals surface area contributed by atoms with E-state index >= 15 is 0 Å². The van der Waals surface area contributed by atoms with Gasteiger partial charge in [-0.1, -0.05) is 0 Å². The van der Waals surface area contributed by atoms with Gasteiger partial charge in [0.1, 0.15) is 0 Å². The average Bonchev–Trinajstić information content (AvgIpc) is 2.22. The van der Waals surface area contributed by atoms with Crippen LogP contribution in [0, 0.1) is 6.92 Å². The Hall–Kier alpha value is -1.16. The molecule has 0 spiro atoms. The van der Waals surface area contributed by atoms with E-state index in [1.165, 1.54) is 0 Å². The van der Waals surface area contributed by atoms with Crippen LogP contribution in [0.15, 0.2) is 12.3 Å². The van der Waals surface area contributed by atoms with Crippen LogP contribution in [0.3, 0.4) is 0 Å². The first-order valence-corrected chi connectivity index (χ1v) is 5.48. The standard InChI is InChI=1S/C11H17N3O/c1-8-6-7-12-11(13-8)14-9-2-4-10(15)5-3-9/h6-7,9-10,15H,2-5H2,1H3,(H,12,13,14). The molecule has 0 unspecified atom stereocenters. The Morgan fingerprint density at radius 1 is 1.33 bits per heavy atom. The minimum Gasteiger partial charge on any atom is -0.393 e. The van der Waals surface area contributed by atoms with Crippen LogP contribution in [0.25, 0.3) is 0 Å². The zero-order chi connectivity index (χ0) is 10.7. The second-order valence-corrected chi connectivity index (χ2v) is 4.17. The maximum atomic E-state index is 9.38. The van der Waals surface area contributed by atoms with Gasteiger partial charge in [0.05, 0.1) is 6.10 Å². The molecule has 2 N–H and O–H groups in total. The highest BCUT2D eigenvalue weighted by molar-refractivity contribution is 5.26. The molecule has 1 fully saturated rings. The molecule has 1 saturated carbocycles. The Bertz CT molecular complexity index is 321. The van der Waals surface area contributed by atoms with Crippen molar-refractivity contribution in [2.45, 2.75) is 44.8 Å². The van der Waals surface area contributed by atoms with Crippen molar-refractivity contribution >= 4 is 5.95 Å². The number of hydrogen-bond donors (Lipinski definition) is 2. The second kappa shape index (κ2) is 4.57. The first-order valence-electron chi connectivity index (χ1n) is 5.48. The van der Waals surface area contributed by atoms with E-state index in [4.69, 9.17) is 0 Å². The summed E-state index contributed by atoms with van der Waals surface area (Å²) in [4.78, 5) is 8.47. The third-order valence-corrected chi connectivity index (χ3v) is 2.82. The molecule has 1 aromatic rings. The third kappa shape index (κ3) is 2.89. The summed E-state index contributed by atoms with van der Waals surface area (Å²) in [5.41, 5.74) is 0.975. The lowest BCUT2D eigenvalue weighted by Crippen LogP contribution is -2.28. The number of aromatic nitrogens is 2. The van der Waals surface area contributed by atoms with Crippen LogP contribution in [-0.4, -0.2) is 27.2 Å². The van der Waals surface area contributed by atoms with E-state index in [9.17, 15) is 5.11 Å². The fraction of sp³-hybridized carbons (Fsp3) is 0.636. The number of nitrogens with zero attached hydrogens (tertiary/aromatic N) is 2. The van der Waals surface area contributed by atoms with Crippen LogP contribution in [0.4, 0.5) is 5.95 Å². The molecule has 15 heavy (non-hydrogen) atoms. The molecule has 0 aliphatic heterocycles. The topological polar surface area (TPSA) is 58.0 Å². The van der Waals surface area contributed by atoms with Crippen molar-refractivity contribution in [3.05, 3.63) is 18.0 Å². The lowest BCUT2D eigenvalue weighted by Gasteiger charge is -2.26. The minimum absolute atomic E-state index is 0.110. The molecule has 0 saturated heterocycles. The van der Waals surface area contributed by atoms with Crippen LogP contribution in [0.1, 0.15) is 31.4 Å². The van der Waals surface area contributed by atoms with Crippen LogP contribution in [0.2, 0.25) is 0 Å². The summed E-state index contributed by atoms with van der Waals surface area (Å²) in [6, 6.07) is 2.30. The van der Waals surface area contributed by atoms with Crippen LogP contribution in [0.5, 0.6) is 0 Å². The molecule has 4 heteroatoms. The summed E-state index contributed by atoms with van der Waals surface area (Å²) in [7, 11) is 0. The van der Waals surface area contributed by atoms with E-state index in [2.05, 4.69) is 15.3 Å². The van der Waals surface area contributed by atoms with Gasteiger partial charge in [-0.05, 0) is 38.7 Å². The summed E-state index contributed by atoms with van der Waals surface area (Å²) >= 11 is 0. The van der Waals surface area contributed by atoms with Crippen molar-refractivity contribution in [3.63, 3.8) is 0 Å². The molecule has 2 rings (SSSR count). The number of aliphatic hydroxyl groups is 1. The van der Waals surface area contributed by atoms with Gasteiger partial charge in [0.25, 0.3) is 0 Å². The molecule has 1 aliphatic rings. The molecule has 1 heterocycles. The summed E-state index contributed by atoms with van der Waals surface area (Å²) in [5.74, 6) is 0.705. The number of anilines is 1. The van der Waals surface area contributed by atoms with Crippen LogP contribution < -0.4 is 5.32 Å². The largest absolute Gasteiger partial charge is 0.393 e. The third-order valence-electron chi connectivity index (χ3n) is 2.82. The molecular weight excluding hydrogens is 190 g/mol. The van der Waals surface area contributed by atoms with Gasteiger partial charge in [-0.25, -0.2) is 9.97 Å². The van der Waals surface area contributed by atoms with Gasteiger partial charge in [0.15, 0.2) is 0 Å². The highest BCUT2D eigenvalue weighted by atomic mass is 16.3. The van der Waals surface area contributed by atoms with Gasteiger partial charge in [-0.3, -0.25) is 0 Å². The minimum atomic E-state index is -0.110. The fourth-order valence-electron chi connectivity index (χ4n) is 1.92. The molecule has 0 amide bonds. The van der Waals surface area contributed by atoms with Crippen molar-refractivity contribution in [1.29, 1.82) is 0 Å². The van der Waals surface area contributed by atoms with E-state index in [-0.39, 0.29) is 6.10 Å². The lowest BCUT2D eigenvalue weighted by atomic mass is 9.93. The van der Waals surface area contributed by atoms with Gasteiger partial charge in [0.2, 0.25) is 5.95 Å². The number of rotatable bonds is 2. The zero-order valence-electron chi connectivity index (χ0n) is 8.98.